The first kappa shape index (κ1) is 17.4. The van der Waals surface area contributed by atoms with Crippen LogP contribution in [0.3, 0.4) is 0 Å². The maximum Gasteiger partial charge on any atom is 0.284 e. The van der Waals surface area contributed by atoms with Gasteiger partial charge < -0.3 is 17.2 Å². The summed E-state index contributed by atoms with van der Waals surface area (Å²) in [6.07, 6.45) is 0. The fraction of sp³-hybridized carbons (Fsp3) is 0. The maximum atomic E-state index is 13.6. The van der Waals surface area contributed by atoms with E-state index < -0.39 is 15.8 Å². The minimum absolute atomic E-state index is 0.0551. The van der Waals surface area contributed by atoms with Crippen LogP contribution >= 0.6 is 0 Å². The summed E-state index contributed by atoms with van der Waals surface area (Å²) in [7, 11) is -4.11. The summed E-state index contributed by atoms with van der Waals surface area (Å²) >= 11 is 0. The number of aromatic nitrogens is 2. The second-order valence-corrected chi connectivity index (χ2v) is 6.95. The van der Waals surface area contributed by atoms with E-state index in [1.807, 2.05) is 0 Å². The van der Waals surface area contributed by atoms with Crippen molar-refractivity contribution in [1.29, 1.82) is 0 Å². The monoisotopic (exact) mass is 375 g/mol. The van der Waals surface area contributed by atoms with Crippen LogP contribution in [-0.4, -0.2) is 17.6 Å². The number of halogens is 1. The number of anilines is 3. The summed E-state index contributed by atoms with van der Waals surface area (Å²) < 4.78 is 39.4. The van der Waals surface area contributed by atoms with Crippen LogP contribution in [0.15, 0.2) is 63.7 Å². The van der Waals surface area contributed by atoms with Gasteiger partial charge in [0, 0.05) is 5.69 Å². The van der Waals surface area contributed by atoms with E-state index in [1.165, 1.54) is 42.5 Å². The Morgan fingerprint density at radius 3 is 2.27 bits per heavy atom. The van der Waals surface area contributed by atoms with Crippen LogP contribution < -0.4 is 17.2 Å². The van der Waals surface area contributed by atoms with Crippen molar-refractivity contribution in [2.75, 3.05) is 17.2 Å². The highest BCUT2D eigenvalue weighted by molar-refractivity contribution is 7.90. The van der Waals surface area contributed by atoms with E-state index in [2.05, 4.69) is 15.3 Å². The number of nitrogens with two attached hydrogens (primary N) is 3. The maximum absolute atomic E-state index is 13.6. The molecule has 0 aliphatic carbocycles. The van der Waals surface area contributed by atoms with E-state index in [9.17, 15) is 12.8 Å². The first-order chi connectivity index (χ1) is 12.3. The van der Waals surface area contributed by atoms with Gasteiger partial charge in [0.05, 0.1) is 4.90 Å². The molecular weight excluding hydrogens is 361 g/mol. The molecule has 3 rings (SSSR count). The molecule has 0 bridgehead atoms. The lowest BCUT2D eigenvalue weighted by molar-refractivity contribution is 0.581. The van der Waals surface area contributed by atoms with Gasteiger partial charge in [-0.05, 0) is 36.4 Å². The van der Waals surface area contributed by atoms with Crippen LogP contribution in [0.5, 0.6) is 0 Å². The molecule has 0 aliphatic heterocycles. The molecule has 0 spiro atoms. The summed E-state index contributed by atoms with van der Waals surface area (Å²) in [4.78, 5) is -0.0847. The third kappa shape index (κ3) is 3.07. The van der Waals surface area contributed by atoms with Crippen molar-refractivity contribution in [1.82, 2.24) is 9.19 Å². The van der Waals surface area contributed by atoms with E-state index in [1.54, 1.807) is 6.07 Å². The van der Waals surface area contributed by atoms with Crippen LogP contribution in [0.1, 0.15) is 0 Å². The standard InChI is InChI=1S/C15H14FN7O2S/c16-11-3-1-2-4-12(11)20-21-13-14(18)22-23(15(13)19)26(24,25)10-7-5-9(17)6-8-10/h1-8H,17,19H2,(H2,18,22). The quantitative estimate of drug-likeness (QED) is 0.470. The van der Waals surface area contributed by atoms with Crippen molar-refractivity contribution in [2.45, 2.75) is 4.90 Å². The summed E-state index contributed by atoms with van der Waals surface area (Å²) in [6.45, 7) is 0. The Labute approximate surface area is 148 Å². The number of rotatable bonds is 4. The highest BCUT2D eigenvalue weighted by Crippen LogP contribution is 2.33. The second-order valence-electron chi connectivity index (χ2n) is 5.19. The van der Waals surface area contributed by atoms with E-state index >= 15 is 0 Å². The molecule has 2 aromatic carbocycles. The fourth-order valence-corrected chi connectivity index (χ4v) is 3.30. The molecular formula is C15H14FN7O2S. The zero-order valence-electron chi connectivity index (χ0n) is 13.2. The molecule has 1 heterocycles. The Morgan fingerprint density at radius 1 is 0.962 bits per heavy atom. The molecule has 9 nitrogen and oxygen atoms in total. The minimum atomic E-state index is -4.11. The van der Waals surface area contributed by atoms with Crippen LogP contribution in [0.4, 0.5) is 33.1 Å². The van der Waals surface area contributed by atoms with Crippen molar-refractivity contribution in [2.24, 2.45) is 10.2 Å². The van der Waals surface area contributed by atoms with Gasteiger partial charge in [0.1, 0.15) is 5.69 Å². The Balaban J connectivity index is 2.03. The predicted molar refractivity (Wildman–Crippen MR) is 95.1 cm³/mol. The Bertz CT molecular complexity index is 1090. The SMILES string of the molecule is Nc1ccc(S(=O)(=O)n2nc(N)c(N=Nc3ccccc3F)c2N)cc1. The fourth-order valence-electron chi connectivity index (χ4n) is 2.08. The third-order valence-corrected chi connectivity index (χ3v) is 5.01. The molecule has 0 unspecified atom stereocenters. The number of benzene rings is 2. The average Bonchev–Trinajstić information content (AvgIpc) is 2.90. The lowest BCUT2D eigenvalue weighted by Crippen LogP contribution is -2.17. The van der Waals surface area contributed by atoms with E-state index in [-0.39, 0.29) is 27.9 Å². The van der Waals surface area contributed by atoms with Crippen LogP contribution in [0.25, 0.3) is 0 Å². The number of hydrogen-bond donors (Lipinski definition) is 3. The zero-order valence-corrected chi connectivity index (χ0v) is 14.1. The van der Waals surface area contributed by atoms with Crippen LogP contribution in [0.2, 0.25) is 0 Å². The van der Waals surface area contributed by atoms with Crippen molar-refractivity contribution in [3.63, 3.8) is 0 Å². The lowest BCUT2D eigenvalue weighted by atomic mass is 10.3. The van der Waals surface area contributed by atoms with Crippen LogP contribution in [0, 0.1) is 5.82 Å². The molecule has 1 aromatic heterocycles. The van der Waals surface area contributed by atoms with Gasteiger partial charge in [-0.25, -0.2) is 4.39 Å². The Hall–Kier alpha value is -3.47. The summed E-state index contributed by atoms with van der Waals surface area (Å²) in [5, 5.41) is 11.2. The van der Waals surface area contributed by atoms with Gasteiger partial charge >= 0.3 is 0 Å². The van der Waals surface area contributed by atoms with E-state index in [4.69, 9.17) is 17.2 Å². The first-order valence-corrected chi connectivity index (χ1v) is 8.66. The highest BCUT2D eigenvalue weighted by Gasteiger charge is 2.25. The van der Waals surface area contributed by atoms with Gasteiger partial charge in [-0.3, -0.25) is 0 Å². The largest absolute Gasteiger partial charge is 0.399 e. The van der Waals surface area contributed by atoms with Crippen molar-refractivity contribution < 1.29 is 12.8 Å². The number of nitrogen functional groups attached to an aromatic ring is 3. The molecule has 0 saturated carbocycles. The normalized spacial score (nSPS) is 11.9. The smallest absolute Gasteiger partial charge is 0.284 e. The molecule has 6 N–H and O–H groups in total. The summed E-state index contributed by atoms with van der Waals surface area (Å²) in [5.74, 6) is -1.21. The minimum Gasteiger partial charge on any atom is -0.399 e. The molecule has 0 fully saturated rings. The average molecular weight is 375 g/mol. The van der Waals surface area contributed by atoms with Gasteiger partial charge in [0.2, 0.25) is 0 Å². The Morgan fingerprint density at radius 2 is 1.62 bits per heavy atom. The van der Waals surface area contributed by atoms with Gasteiger partial charge in [0.25, 0.3) is 10.0 Å². The predicted octanol–water partition coefficient (Wildman–Crippen LogP) is 2.42. The topological polar surface area (TPSA) is 155 Å². The highest BCUT2D eigenvalue weighted by atomic mass is 32.2. The third-order valence-electron chi connectivity index (χ3n) is 3.41. The molecule has 0 aliphatic rings. The lowest BCUT2D eigenvalue weighted by Gasteiger charge is -2.06. The number of hydrogen-bond acceptors (Lipinski definition) is 8. The second kappa shape index (κ2) is 6.44. The molecule has 3 aromatic rings. The first-order valence-electron chi connectivity index (χ1n) is 7.22. The summed E-state index contributed by atoms with van der Waals surface area (Å²) in [6, 6.07) is 11.1. The van der Waals surface area contributed by atoms with Gasteiger partial charge in [0.15, 0.2) is 23.1 Å². The van der Waals surface area contributed by atoms with E-state index in [0.717, 1.165) is 0 Å². The van der Waals surface area contributed by atoms with Gasteiger partial charge in [-0.1, -0.05) is 12.1 Å². The molecule has 134 valence electrons. The van der Waals surface area contributed by atoms with Crippen molar-refractivity contribution >= 4 is 38.7 Å². The number of nitrogens with zero attached hydrogens (tertiary/aromatic N) is 4. The molecule has 11 heteroatoms. The Kier molecular flexibility index (Phi) is 4.30. The number of azo groups is 1. The van der Waals surface area contributed by atoms with Gasteiger partial charge in [-0.2, -0.15) is 8.42 Å². The van der Waals surface area contributed by atoms with Crippen molar-refractivity contribution in [3.8, 4) is 0 Å². The molecule has 0 radical (unpaired) electrons. The van der Waals surface area contributed by atoms with Gasteiger partial charge in [-0.15, -0.1) is 19.4 Å². The van der Waals surface area contributed by atoms with Crippen LogP contribution in [-0.2, 0) is 10.0 Å². The molecule has 0 amide bonds. The van der Waals surface area contributed by atoms with E-state index in [0.29, 0.717) is 9.77 Å². The molecule has 0 atom stereocenters. The zero-order chi connectivity index (χ0) is 18.9. The molecule has 26 heavy (non-hydrogen) atoms. The van der Waals surface area contributed by atoms with Crippen molar-refractivity contribution in [3.05, 3.63) is 54.3 Å². The summed E-state index contributed by atoms with van der Waals surface area (Å²) in [5.41, 5.74) is 17.3. The molecule has 0 saturated heterocycles.